The molecular weight excluding hydrogens is 282 g/mol. The first-order valence-electron chi connectivity index (χ1n) is 6.38. The Labute approximate surface area is 118 Å². The molecule has 0 aliphatic carbocycles. The molecule has 2 N–H and O–H groups in total. The molecule has 0 amide bonds. The average molecular weight is 301 g/mol. The number of nitrogens with two attached hydrogens (primary N) is 1. The Morgan fingerprint density at radius 2 is 1.80 bits per heavy atom. The Balaban J connectivity index is 3.23. The minimum Gasteiger partial charge on any atom is -0.397 e. The molecule has 0 aromatic heterocycles. The molecule has 1 aromatic rings. The van der Waals surface area contributed by atoms with E-state index in [1.165, 1.54) is 10.4 Å². The third kappa shape index (κ3) is 3.45. The largest absolute Gasteiger partial charge is 0.397 e. The molecule has 0 saturated heterocycles. The maximum absolute atomic E-state index is 12.5. The number of nitro benzene ring substituents is 1. The second-order valence-electron chi connectivity index (χ2n) is 4.38. The van der Waals surface area contributed by atoms with E-state index in [4.69, 9.17) is 5.73 Å². The van der Waals surface area contributed by atoms with Crippen LogP contribution in [0.2, 0.25) is 0 Å². The molecule has 1 rings (SSSR count). The van der Waals surface area contributed by atoms with Gasteiger partial charge in [0.05, 0.1) is 10.6 Å². The number of anilines is 1. The summed E-state index contributed by atoms with van der Waals surface area (Å²) in [5, 5.41) is 10.6. The highest BCUT2D eigenvalue weighted by Gasteiger charge is 2.26. The first-order valence-corrected chi connectivity index (χ1v) is 7.82. The van der Waals surface area contributed by atoms with Crippen LogP contribution >= 0.6 is 0 Å². The maximum Gasteiger partial charge on any atom is 0.271 e. The molecule has 0 radical (unpaired) electrons. The van der Waals surface area contributed by atoms with Crippen molar-refractivity contribution in [3.63, 3.8) is 0 Å². The van der Waals surface area contributed by atoms with E-state index >= 15 is 0 Å². The average Bonchev–Trinajstić information content (AvgIpc) is 2.37. The van der Waals surface area contributed by atoms with Crippen LogP contribution in [0, 0.1) is 10.1 Å². The molecular formula is C12H19N3O4S. The molecule has 8 heteroatoms. The zero-order valence-electron chi connectivity index (χ0n) is 11.6. The van der Waals surface area contributed by atoms with Crippen molar-refractivity contribution in [1.82, 2.24) is 4.31 Å². The normalized spacial score (nSPS) is 11.8. The van der Waals surface area contributed by atoms with Gasteiger partial charge in [0.2, 0.25) is 10.0 Å². The number of sulfonamides is 1. The lowest BCUT2D eigenvalue weighted by Crippen LogP contribution is -2.33. The van der Waals surface area contributed by atoms with Crippen LogP contribution in [-0.4, -0.2) is 30.7 Å². The highest BCUT2D eigenvalue weighted by molar-refractivity contribution is 7.89. The molecule has 0 unspecified atom stereocenters. The predicted molar refractivity (Wildman–Crippen MR) is 76.8 cm³/mol. The first kappa shape index (κ1) is 16.4. The smallest absolute Gasteiger partial charge is 0.271 e. The summed E-state index contributed by atoms with van der Waals surface area (Å²) in [6.45, 7) is 4.56. The van der Waals surface area contributed by atoms with E-state index < -0.39 is 14.9 Å². The van der Waals surface area contributed by atoms with Gasteiger partial charge in [0.15, 0.2) is 0 Å². The summed E-state index contributed by atoms with van der Waals surface area (Å²) >= 11 is 0. The molecule has 0 aliphatic heterocycles. The summed E-state index contributed by atoms with van der Waals surface area (Å²) in [6.07, 6.45) is 1.37. The van der Waals surface area contributed by atoms with E-state index in [0.717, 1.165) is 12.1 Å². The number of hydrogen-bond acceptors (Lipinski definition) is 5. The van der Waals surface area contributed by atoms with Gasteiger partial charge in [-0.15, -0.1) is 0 Å². The zero-order chi connectivity index (χ0) is 15.3. The SMILES string of the molecule is CCCN(CCC)S(=O)(=O)c1ccc([N+](=O)[O-])cc1N. The fourth-order valence-electron chi connectivity index (χ4n) is 1.87. The highest BCUT2D eigenvalue weighted by atomic mass is 32.2. The molecule has 0 aliphatic rings. The highest BCUT2D eigenvalue weighted by Crippen LogP contribution is 2.26. The summed E-state index contributed by atoms with van der Waals surface area (Å²) in [5.74, 6) is 0. The molecule has 7 nitrogen and oxygen atoms in total. The van der Waals surface area contributed by atoms with Crippen LogP contribution in [0.25, 0.3) is 0 Å². The Bertz CT molecular complexity index is 580. The summed E-state index contributed by atoms with van der Waals surface area (Å²) < 4.78 is 26.3. The van der Waals surface area contributed by atoms with Crippen molar-refractivity contribution in [3.8, 4) is 0 Å². The fraction of sp³-hybridized carbons (Fsp3) is 0.500. The van der Waals surface area contributed by atoms with E-state index in [-0.39, 0.29) is 16.3 Å². The predicted octanol–water partition coefficient (Wildman–Crippen LogP) is 1.99. The van der Waals surface area contributed by atoms with Gasteiger partial charge in [-0.05, 0) is 18.9 Å². The number of nitro groups is 1. The third-order valence-electron chi connectivity index (χ3n) is 2.77. The van der Waals surface area contributed by atoms with Gasteiger partial charge in [-0.2, -0.15) is 4.31 Å². The minimum absolute atomic E-state index is 0.0787. The number of nitrogens with zero attached hydrogens (tertiary/aromatic N) is 2. The number of benzene rings is 1. The van der Waals surface area contributed by atoms with Crippen LogP contribution in [0.15, 0.2) is 23.1 Å². The lowest BCUT2D eigenvalue weighted by molar-refractivity contribution is -0.384. The van der Waals surface area contributed by atoms with E-state index in [9.17, 15) is 18.5 Å². The van der Waals surface area contributed by atoms with Gasteiger partial charge in [-0.3, -0.25) is 10.1 Å². The molecule has 0 spiro atoms. The lowest BCUT2D eigenvalue weighted by atomic mass is 10.3. The standard InChI is InChI=1S/C12H19N3O4S/c1-3-7-14(8-4-2)20(18,19)12-6-5-10(15(16)17)9-11(12)13/h5-6,9H,3-4,7-8,13H2,1-2H3. The van der Waals surface area contributed by atoms with Crippen LogP contribution in [-0.2, 0) is 10.0 Å². The Morgan fingerprint density at radius 1 is 1.25 bits per heavy atom. The van der Waals surface area contributed by atoms with Crippen LogP contribution in [0.4, 0.5) is 11.4 Å². The van der Waals surface area contributed by atoms with Gasteiger partial charge < -0.3 is 5.73 Å². The molecule has 20 heavy (non-hydrogen) atoms. The van der Waals surface area contributed by atoms with Crippen LogP contribution in [0.5, 0.6) is 0 Å². The number of nitrogen functional groups attached to an aromatic ring is 1. The van der Waals surface area contributed by atoms with E-state index in [2.05, 4.69) is 0 Å². The van der Waals surface area contributed by atoms with Crippen molar-refractivity contribution >= 4 is 21.4 Å². The van der Waals surface area contributed by atoms with Crippen LogP contribution in [0.1, 0.15) is 26.7 Å². The topological polar surface area (TPSA) is 107 Å². The zero-order valence-corrected chi connectivity index (χ0v) is 12.4. The van der Waals surface area contributed by atoms with E-state index in [1.807, 2.05) is 13.8 Å². The quantitative estimate of drug-likeness (QED) is 0.471. The van der Waals surface area contributed by atoms with Crippen molar-refractivity contribution < 1.29 is 13.3 Å². The molecule has 1 aromatic carbocycles. The monoisotopic (exact) mass is 301 g/mol. The third-order valence-corrected chi connectivity index (χ3v) is 4.74. The molecule has 112 valence electrons. The summed E-state index contributed by atoms with van der Waals surface area (Å²) in [4.78, 5) is 9.96. The van der Waals surface area contributed by atoms with Gasteiger partial charge >= 0.3 is 0 Å². The van der Waals surface area contributed by atoms with Crippen LogP contribution < -0.4 is 5.73 Å². The molecule has 0 atom stereocenters. The minimum atomic E-state index is -3.71. The van der Waals surface area contributed by atoms with Crippen molar-refractivity contribution in [2.75, 3.05) is 18.8 Å². The van der Waals surface area contributed by atoms with Crippen molar-refractivity contribution in [2.45, 2.75) is 31.6 Å². The van der Waals surface area contributed by atoms with Gasteiger partial charge in [-0.1, -0.05) is 13.8 Å². The van der Waals surface area contributed by atoms with Gasteiger partial charge in [0.1, 0.15) is 4.90 Å². The number of hydrogen-bond donors (Lipinski definition) is 1. The number of non-ortho nitro benzene ring substituents is 1. The fourth-order valence-corrected chi connectivity index (χ4v) is 3.60. The number of rotatable bonds is 7. The van der Waals surface area contributed by atoms with Crippen LogP contribution in [0.3, 0.4) is 0 Å². The first-order chi connectivity index (χ1) is 9.34. The van der Waals surface area contributed by atoms with Gasteiger partial charge in [0.25, 0.3) is 5.69 Å². The lowest BCUT2D eigenvalue weighted by Gasteiger charge is -2.21. The van der Waals surface area contributed by atoms with Crippen molar-refractivity contribution in [3.05, 3.63) is 28.3 Å². The van der Waals surface area contributed by atoms with E-state index in [1.54, 1.807) is 0 Å². The van der Waals surface area contributed by atoms with Crippen molar-refractivity contribution in [1.29, 1.82) is 0 Å². The summed E-state index contributed by atoms with van der Waals surface area (Å²) in [7, 11) is -3.71. The Hall–Kier alpha value is -1.67. The second-order valence-corrected chi connectivity index (χ2v) is 6.29. The summed E-state index contributed by atoms with van der Waals surface area (Å²) in [5.41, 5.74) is 5.34. The molecule has 0 heterocycles. The van der Waals surface area contributed by atoms with Gasteiger partial charge in [0, 0.05) is 25.2 Å². The maximum atomic E-state index is 12.5. The molecule has 0 bridgehead atoms. The molecule has 0 fully saturated rings. The Kier molecular flexibility index (Phi) is 5.46. The molecule has 0 saturated carbocycles. The van der Waals surface area contributed by atoms with Crippen molar-refractivity contribution in [2.24, 2.45) is 0 Å². The summed E-state index contributed by atoms with van der Waals surface area (Å²) in [6, 6.07) is 3.42. The second kappa shape index (κ2) is 6.67. The van der Waals surface area contributed by atoms with Gasteiger partial charge in [-0.25, -0.2) is 8.42 Å². The Morgan fingerprint density at radius 3 is 2.20 bits per heavy atom. The van der Waals surface area contributed by atoms with E-state index in [0.29, 0.717) is 25.9 Å².